The van der Waals surface area contributed by atoms with Crippen LogP contribution in [0.15, 0.2) is 66.9 Å². The minimum atomic E-state index is 0.160. The van der Waals surface area contributed by atoms with E-state index in [1.165, 1.54) is 0 Å². The van der Waals surface area contributed by atoms with Gasteiger partial charge in [-0.3, -0.25) is 5.10 Å². The first-order valence-corrected chi connectivity index (χ1v) is 10.1. The number of hydrogen-bond acceptors (Lipinski definition) is 7. The van der Waals surface area contributed by atoms with Gasteiger partial charge < -0.3 is 19.9 Å². The van der Waals surface area contributed by atoms with Gasteiger partial charge in [0.2, 0.25) is 0 Å². The Kier molecular flexibility index (Phi) is 5.27. The predicted octanol–water partition coefficient (Wildman–Crippen LogP) is 4.65. The Hall–Kier alpha value is -4.17. The first kappa shape index (κ1) is 19.8. The predicted molar refractivity (Wildman–Crippen MR) is 123 cm³/mol. The Labute approximate surface area is 183 Å². The van der Waals surface area contributed by atoms with Gasteiger partial charge in [0.25, 0.3) is 0 Å². The Morgan fingerprint density at radius 2 is 1.94 bits per heavy atom. The van der Waals surface area contributed by atoms with Gasteiger partial charge >= 0.3 is 0 Å². The van der Waals surface area contributed by atoms with E-state index in [1.807, 2.05) is 42.5 Å². The van der Waals surface area contributed by atoms with Gasteiger partial charge in [-0.25, -0.2) is 9.97 Å². The molecule has 0 aliphatic carbocycles. The lowest BCUT2D eigenvalue weighted by atomic mass is 10.1. The number of hydrogen-bond donors (Lipinski definition) is 3. The lowest BCUT2D eigenvalue weighted by Gasteiger charge is -2.13. The number of H-pyrrole nitrogens is 1. The fourth-order valence-corrected chi connectivity index (χ4v) is 3.47. The fourth-order valence-electron chi connectivity index (χ4n) is 3.47. The molecule has 0 amide bonds. The van der Waals surface area contributed by atoms with Crippen molar-refractivity contribution in [1.82, 2.24) is 20.2 Å². The van der Waals surface area contributed by atoms with Gasteiger partial charge in [-0.1, -0.05) is 12.1 Å². The number of aromatic hydroxyl groups is 1. The Balaban J connectivity index is 1.60. The summed E-state index contributed by atoms with van der Waals surface area (Å²) < 4.78 is 10.9. The van der Waals surface area contributed by atoms with Gasteiger partial charge in [-0.15, -0.1) is 0 Å². The van der Waals surface area contributed by atoms with Crippen molar-refractivity contribution in [3.8, 4) is 22.9 Å². The molecule has 5 aromatic rings. The molecule has 0 radical (unpaired) electrons. The van der Waals surface area contributed by atoms with Gasteiger partial charge in [0.15, 0.2) is 5.82 Å². The van der Waals surface area contributed by atoms with E-state index < -0.39 is 0 Å². The summed E-state index contributed by atoms with van der Waals surface area (Å²) >= 11 is 0. The molecule has 0 fully saturated rings. The average Bonchev–Trinajstić information content (AvgIpc) is 3.27. The molecule has 0 atom stereocenters. The maximum absolute atomic E-state index is 9.90. The van der Waals surface area contributed by atoms with Crippen LogP contribution in [0.3, 0.4) is 0 Å². The summed E-state index contributed by atoms with van der Waals surface area (Å²) in [5, 5.41) is 22.2. The molecule has 0 aliphatic rings. The van der Waals surface area contributed by atoms with Crippen LogP contribution in [-0.2, 0) is 4.74 Å². The molecule has 8 heteroatoms. The van der Waals surface area contributed by atoms with Crippen LogP contribution in [0.4, 0.5) is 11.5 Å². The molecule has 2 aromatic heterocycles. The maximum atomic E-state index is 9.90. The average molecular weight is 427 g/mol. The van der Waals surface area contributed by atoms with Crippen LogP contribution in [0.25, 0.3) is 33.2 Å². The molecule has 8 nitrogen and oxygen atoms in total. The highest BCUT2D eigenvalue weighted by molar-refractivity contribution is 5.94. The summed E-state index contributed by atoms with van der Waals surface area (Å²) in [5.74, 6) is 2.01. The zero-order valence-electron chi connectivity index (χ0n) is 17.4. The van der Waals surface area contributed by atoms with Gasteiger partial charge in [0.1, 0.15) is 23.9 Å². The largest absolute Gasteiger partial charge is 0.508 e. The van der Waals surface area contributed by atoms with Crippen LogP contribution in [-0.4, -0.2) is 45.6 Å². The Morgan fingerprint density at radius 1 is 1.00 bits per heavy atom. The second-order valence-electron chi connectivity index (χ2n) is 7.26. The van der Waals surface area contributed by atoms with Crippen LogP contribution >= 0.6 is 0 Å². The zero-order valence-corrected chi connectivity index (χ0v) is 17.4. The molecular formula is C24H21N5O3. The smallest absolute Gasteiger partial charge is 0.162 e. The summed E-state index contributed by atoms with van der Waals surface area (Å²) in [4.78, 5) is 9.49. The Bertz CT molecular complexity index is 1400. The van der Waals surface area contributed by atoms with E-state index in [1.54, 1.807) is 31.5 Å². The third kappa shape index (κ3) is 4.03. The molecule has 3 aromatic carbocycles. The van der Waals surface area contributed by atoms with Crippen molar-refractivity contribution in [3.63, 3.8) is 0 Å². The molecule has 0 aliphatic heterocycles. The van der Waals surface area contributed by atoms with Gasteiger partial charge in [0, 0.05) is 29.1 Å². The summed E-state index contributed by atoms with van der Waals surface area (Å²) in [6.45, 7) is 0.949. The van der Waals surface area contributed by atoms with Crippen molar-refractivity contribution in [3.05, 3.63) is 66.9 Å². The van der Waals surface area contributed by atoms with Gasteiger partial charge in [0.05, 0.1) is 23.8 Å². The van der Waals surface area contributed by atoms with Gasteiger partial charge in [-0.05, 0) is 48.5 Å². The van der Waals surface area contributed by atoms with E-state index >= 15 is 0 Å². The number of rotatable bonds is 7. The van der Waals surface area contributed by atoms with Crippen molar-refractivity contribution < 1.29 is 14.6 Å². The topological polar surface area (TPSA) is 105 Å². The van der Waals surface area contributed by atoms with E-state index in [9.17, 15) is 5.11 Å². The van der Waals surface area contributed by atoms with Crippen molar-refractivity contribution in [2.75, 3.05) is 25.6 Å². The van der Waals surface area contributed by atoms with E-state index in [-0.39, 0.29) is 5.75 Å². The zero-order chi connectivity index (χ0) is 21.9. The lowest BCUT2D eigenvalue weighted by Crippen LogP contribution is -2.04. The first-order valence-electron chi connectivity index (χ1n) is 10.1. The number of nitrogens with zero attached hydrogens (tertiary/aromatic N) is 3. The highest BCUT2D eigenvalue weighted by Gasteiger charge is 2.12. The van der Waals surface area contributed by atoms with Gasteiger partial charge in [-0.2, -0.15) is 5.10 Å². The molecule has 0 bridgehead atoms. The number of phenols is 1. The van der Waals surface area contributed by atoms with Crippen LogP contribution in [0.5, 0.6) is 11.5 Å². The van der Waals surface area contributed by atoms with E-state index in [0.717, 1.165) is 33.1 Å². The highest BCUT2D eigenvalue weighted by atomic mass is 16.5. The molecule has 32 heavy (non-hydrogen) atoms. The molecule has 160 valence electrons. The number of methoxy groups -OCH3 is 1. The quantitative estimate of drug-likeness (QED) is 0.325. The van der Waals surface area contributed by atoms with E-state index in [0.29, 0.717) is 30.6 Å². The minimum absolute atomic E-state index is 0.160. The fraction of sp³-hybridized carbons (Fsp3) is 0.125. The number of anilines is 2. The Morgan fingerprint density at radius 3 is 2.81 bits per heavy atom. The molecule has 5 rings (SSSR count). The first-order chi connectivity index (χ1) is 15.7. The van der Waals surface area contributed by atoms with E-state index in [2.05, 4.69) is 15.5 Å². The van der Waals surface area contributed by atoms with E-state index in [4.69, 9.17) is 19.4 Å². The van der Waals surface area contributed by atoms with Crippen molar-refractivity contribution in [1.29, 1.82) is 0 Å². The minimum Gasteiger partial charge on any atom is -0.508 e. The second-order valence-corrected chi connectivity index (χ2v) is 7.26. The summed E-state index contributed by atoms with van der Waals surface area (Å²) in [6.07, 6.45) is 1.78. The second kappa shape index (κ2) is 8.52. The molecule has 0 unspecified atom stereocenters. The lowest BCUT2D eigenvalue weighted by molar-refractivity contribution is 0.146. The molecule has 0 saturated carbocycles. The SMILES string of the molecule is COCCOc1ccc2nc(-c3cccc(O)c3)nc(Nc3ccc4[nH]ncc4c3)c2c1. The third-order valence-corrected chi connectivity index (χ3v) is 5.03. The van der Waals surface area contributed by atoms with Crippen molar-refractivity contribution >= 4 is 33.3 Å². The molecule has 3 N–H and O–H groups in total. The number of ether oxygens (including phenoxy) is 2. The number of aromatic amines is 1. The number of benzene rings is 3. The molecule has 0 spiro atoms. The third-order valence-electron chi connectivity index (χ3n) is 5.03. The number of fused-ring (bicyclic) bond motifs is 2. The van der Waals surface area contributed by atoms with Crippen LogP contribution in [0.1, 0.15) is 0 Å². The van der Waals surface area contributed by atoms with Crippen LogP contribution < -0.4 is 10.1 Å². The number of phenolic OH excluding ortho intramolecular Hbond substituents is 1. The number of aromatic nitrogens is 4. The molecular weight excluding hydrogens is 406 g/mol. The van der Waals surface area contributed by atoms with Crippen molar-refractivity contribution in [2.45, 2.75) is 0 Å². The standard InChI is InChI=1S/C24H21N5O3/c1-31-9-10-32-19-6-8-22-20(13-19)24(26-17-5-7-21-16(11-17)14-25-29-21)28-23(27-22)15-3-2-4-18(30)12-15/h2-8,11-14,30H,9-10H2,1H3,(H,25,29)(H,26,27,28). The number of nitrogens with one attached hydrogen (secondary N) is 2. The van der Waals surface area contributed by atoms with Crippen molar-refractivity contribution in [2.24, 2.45) is 0 Å². The summed E-state index contributed by atoms with van der Waals surface area (Å²) in [5.41, 5.74) is 3.30. The normalized spacial score (nSPS) is 11.2. The summed E-state index contributed by atoms with van der Waals surface area (Å²) in [6, 6.07) is 18.5. The van der Waals surface area contributed by atoms with Crippen LogP contribution in [0, 0.1) is 0 Å². The molecule has 0 saturated heterocycles. The maximum Gasteiger partial charge on any atom is 0.162 e. The highest BCUT2D eigenvalue weighted by Crippen LogP contribution is 2.31. The summed E-state index contributed by atoms with van der Waals surface area (Å²) in [7, 11) is 1.64. The van der Waals surface area contributed by atoms with Crippen LogP contribution in [0.2, 0.25) is 0 Å². The monoisotopic (exact) mass is 427 g/mol. The molecule has 2 heterocycles.